The molecule has 0 radical (unpaired) electrons. The van der Waals surface area contributed by atoms with Crippen molar-refractivity contribution in [3.8, 4) is 0 Å². The number of benzene rings is 1. The normalized spacial score (nSPS) is 20.0. The zero-order valence-corrected chi connectivity index (χ0v) is 13.0. The Bertz CT molecular complexity index is 557. The number of sulfonamides is 1. The molecular weight excluding hydrogens is 299 g/mol. The maximum atomic E-state index is 14.0. The maximum absolute atomic E-state index is 14.0. The molecule has 20 heavy (non-hydrogen) atoms. The second-order valence-corrected chi connectivity index (χ2v) is 7.66. The maximum Gasteiger partial charge on any atom is 0.243 e. The lowest BCUT2D eigenvalue weighted by molar-refractivity contribution is 0.530. The van der Waals surface area contributed by atoms with Crippen LogP contribution in [0.15, 0.2) is 23.1 Å². The van der Waals surface area contributed by atoms with Crippen molar-refractivity contribution in [1.29, 1.82) is 0 Å². The van der Waals surface area contributed by atoms with Crippen molar-refractivity contribution in [2.24, 2.45) is 0 Å². The summed E-state index contributed by atoms with van der Waals surface area (Å²) in [7, 11) is -2.03. The summed E-state index contributed by atoms with van der Waals surface area (Å²) in [6.45, 7) is 0.504. The van der Waals surface area contributed by atoms with Gasteiger partial charge in [0.1, 0.15) is 10.7 Å². The largest absolute Gasteiger partial charge is 0.316 e. The molecule has 0 bridgehead atoms. The van der Waals surface area contributed by atoms with Crippen molar-refractivity contribution in [3.63, 3.8) is 0 Å². The summed E-state index contributed by atoms with van der Waals surface area (Å²) in [5.74, 6) is 1.11. The molecule has 1 saturated heterocycles. The van der Waals surface area contributed by atoms with Gasteiger partial charge >= 0.3 is 0 Å². The van der Waals surface area contributed by atoms with E-state index in [1.165, 1.54) is 12.1 Å². The van der Waals surface area contributed by atoms with Gasteiger partial charge in [0.05, 0.1) is 0 Å². The summed E-state index contributed by atoms with van der Waals surface area (Å²) in [6, 6.07) is 4.13. The van der Waals surface area contributed by atoms with E-state index in [2.05, 4.69) is 10.0 Å². The van der Waals surface area contributed by atoms with Crippen LogP contribution in [-0.4, -0.2) is 33.0 Å². The lowest BCUT2D eigenvalue weighted by atomic mass is 10.2. The van der Waals surface area contributed by atoms with E-state index >= 15 is 0 Å². The first-order chi connectivity index (χ1) is 9.53. The van der Waals surface area contributed by atoms with E-state index in [1.54, 1.807) is 24.9 Å². The molecule has 0 aromatic heterocycles. The van der Waals surface area contributed by atoms with Crippen molar-refractivity contribution in [1.82, 2.24) is 10.0 Å². The summed E-state index contributed by atoms with van der Waals surface area (Å²) in [4.78, 5) is -0.270. The van der Waals surface area contributed by atoms with Gasteiger partial charge in [0, 0.05) is 18.3 Å². The fourth-order valence-corrected chi connectivity index (χ4v) is 4.70. The average Bonchev–Trinajstić information content (AvgIpc) is 2.39. The highest BCUT2D eigenvalue weighted by Crippen LogP contribution is 2.21. The van der Waals surface area contributed by atoms with Crippen molar-refractivity contribution in [2.45, 2.75) is 30.3 Å². The second kappa shape index (κ2) is 6.89. The van der Waals surface area contributed by atoms with Crippen molar-refractivity contribution >= 4 is 21.8 Å². The molecule has 0 amide bonds. The topological polar surface area (TPSA) is 58.2 Å². The fourth-order valence-electron chi connectivity index (χ4n) is 2.19. The molecule has 1 aromatic rings. The van der Waals surface area contributed by atoms with Crippen LogP contribution in [0.1, 0.15) is 18.4 Å². The minimum absolute atomic E-state index is 0.102. The van der Waals surface area contributed by atoms with Gasteiger partial charge < -0.3 is 5.32 Å². The Kier molecular flexibility index (Phi) is 5.42. The monoisotopic (exact) mass is 318 g/mol. The molecule has 1 aliphatic heterocycles. The van der Waals surface area contributed by atoms with E-state index in [-0.39, 0.29) is 10.9 Å². The fraction of sp³-hybridized carbons (Fsp3) is 0.538. The van der Waals surface area contributed by atoms with Gasteiger partial charge in [-0.15, -0.1) is 0 Å². The molecule has 1 unspecified atom stereocenters. The van der Waals surface area contributed by atoms with E-state index < -0.39 is 15.8 Å². The van der Waals surface area contributed by atoms with Crippen LogP contribution < -0.4 is 10.0 Å². The Morgan fingerprint density at radius 1 is 1.45 bits per heavy atom. The average molecular weight is 318 g/mol. The van der Waals surface area contributed by atoms with Crippen LogP contribution in [-0.2, 0) is 16.6 Å². The third kappa shape index (κ3) is 3.94. The molecule has 2 rings (SSSR count). The minimum Gasteiger partial charge on any atom is -0.316 e. The zero-order chi connectivity index (χ0) is 14.6. The Balaban J connectivity index is 2.16. The standard InChI is InChI=1S/C13H19FN2O2S2/c1-15-8-10-4-5-13(12(14)7-10)20(17,18)16-11-3-2-6-19-9-11/h4-5,7,11,15-16H,2-3,6,8-9H2,1H3. The molecule has 0 aliphatic carbocycles. The van der Waals surface area contributed by atoms with E-state index in [9.17, 15) is 12.8 Å². The van der Waals surface area contributed by atoms with Crippen LogP contribution in [0, 0.1) is 5.82 Å². The Morgan fingerprint density at radius 2 is 2.25 bits per heavy atom. The predicted octanol–water partition coefficient (Wildman–Crippen LogP) is 1.72. The van der Waals surface area contributed by atoms with Gasteiger partial charge in [-0.25, -0.2) is 17.5 Å². The number of nitrogens with one attached hydrogen (secondary N) is 2. The van der Waals surface area contributed by atoms with Gasteiger partial charge in [-0.05, 0) is 43.3 Å². The van der Waals surface area contributed by atoms with Crippen molar-refractivity contribution in [3.05, 3.63) is 29.6 Å². The van der Waals surface area contributed by atoms with Gasteiger partial charge in [-0.3, -0.25) is 0 Å². The summed E-state index contributed by atoms with van der Waals surface area (Å²) in [6.07, 6.45) is 1.80. The quantitative estimate of drug-likeness (QED) is 0.868. The zero-order valence-electron chi connectivity index (χ0n) is 11.4. The van der Waals surface area contributed by atoms with Crippen LogP contribution in [0.3, 0.4) is 0 Å². The number of hydrogen-bond donors (Lipinski definition) is 2. The van der Waals surface area contributed by atoms with E-state index in [0.717, 1.165) is 29.9 Å². The lowest BCUT2D eigenvalue weighted by Gasteiger charge is -2.22. The Labute approximate surface area is 123 Å². The molecule has 4 nitrogen and oxygen atoms in total. The number of halogens is 1. The first kappa shape index (κ1) is 15.8. The molecule has 2 N–H and O–H groups in total. The van der Waals surface area contributed by atoms with Crippen molar-refractivity contribution in [2.75, 3.05) is 18.6 Å². The van der Waals surface area contributed by atoms with Gasteiger partial charge in [-0.1, -0.05) is 6.07 Å². The molecule has 1 fully saturated rings. The lowest BCUT2D eigenvalue weighted by Crippen LogP contribution is -2.38. The highest BCUT2D eigenvalue weighted by atomic mass is 32.2. The molecule has 112 valence electrons. The summed E-state index contributed by atoms with van der Waals surface area (Å²) in [5.41, 5.74) is 0.720. The first-order valence-corrected chi connectivity index (χ1v) is 9.20. The van der Waals surface area contributed by atoms with Gasteiger partial charge in [0.15, 0.2) is 0 Å². The summed E-state index contributed by atoms with van der Waals surface area (Å²) >= 11 is 1.72. The van der Waals surface area contributed by atoms with E-state index in [4.69, 9.17) is 0 Å². The Hall–Kier alpha value is -0.630. The van der Waals surface area contributed by atoms with E-state index in [1.807, 2.05) is 0 Å². The molecule has 0 spiro atoms. The molecule has 7 heteroatoms. The minimum atomic E-state index is -3.78. The first-order valence-electron chi connectivity index (χ1n) is 6.56. The van der Waals surface area contributed by atoms with Crippen molar-refractivity contribution < 1.29 is 12.8 Å². The van der Waals surface area contributed by atoms with Gasteiger partial charge in [0.2, 0.25) is 10.0 Å². The third-order valence-corrected chi connectivity index (χ3v) is 5.92. The van der Waals surface area contributed by atoms with Crippen LogP contribution in [0.5, 0.6) is 0 Å². The number of thioether (sulfide) groups is 1. The van der Waals surface area contributed by atoms with Gasteiger partial charge in [-0.2, -0.15) is 11.8 Å². The van der Waals surface area contributed by atoms with Crippen LogP contribution in [0.25, 0.3) is 0 Å². The van der Waals surface area contributed by atoms with Crippen LogP contribution in [0.2, 0.25) is 0 Å². The predicted molar refractivity (Wildman–Crippen MR) is 79.8 cm³/mol. The highest BCUT2D eigenvalue weighted by molar-refractivity contribution is 7.99. The van der Waals surface area contributed by atoms with Crippen LogP contribution in [0.4, 0.5) is 4.39 Å². The molecule has 1 aromatic carbocycles. The SMILES string of the molecule is CNCc1ccc(S(=O)(=O)NC2CCCSC2)c(F)c1. The Morgan fingerprint density at radius 3 is 2.85 bits per heavy atom. The summed E-state index contributed by atoms with van der Waals surface area (Å²) < 4.78 is 41.0. The second-order valence-electron chi connectivity index (χ2n) is 4.83. The van der Waals surface area contributed by atoms with E-state index in [0.29, 0.717) is 6.54 Å². The number of rotatable bonds is 5. The molecule has 0 saturated carbocycles. The molecule has 1 heterocycles. The molecule has 1 aliphatic rings. The van der Waals surface area contributed by atoms with Crippen LogP contribution >= 0.6 is 11.8 Å². The molecule has 1 atom stereocenters. The van der Waals surface area contributed by atoms with Gasteiger partial charge in [0.25, 0.3) is 0 Å². The number of hydrogen-bond acceptors (Lipinski definition) is 4. The highest BCUT2D eigenvalue weighted by Gasteiger charge is 2.24. The summed E-state index contributed by atoms with van der Waals surface area (Å²) in [5, 5.41) is 2.90. The third-order valence-electron chi connectivity index (χ3n) is 3.15. The molecular formula is C13H19FN2O2S2. The smallest absolute Gasteiger partial charge is 0.243 e.